The lowest BCUT2D eigenvalue weighted by atomic mass is 10.1. The predicted molar refractivity (Wildman–Crippen MR) is 127 cm³/mol. The van der Waals surface area contributed by atoms with Crippen LogP contribution in [-0.2, 0) is 11.2 Å². The Morgan fingerprint density at radius 1 is 1.25 bits per heavy atom. The Morgan fingerprint density at radius 3 is 2.61 bits per heavy atom. The molecule has 7 heteroatoms. The van der Waals surface area contributed by atoms with Gasteiger partial charge in [0.2, 0.25) is 5.91 Å². The van der Waals surface area contributed by atoms with E-state index in [4.69, 9.17) is 0 Å². The second kappa shape index (κ2) is 13.0. The molecule has 1 saturated heterocycles. The van der Waals surface area contributed by atoms with Gasteiger partial charge < -0.3 is 15.1 Å². The Hall–Kier alpha value is -1.35. The van der Waals surface area contributed by atoms with Gasteiger partial charge in [-0.05, 0) is 37.9 Å². The van der Waals surface area contributed by atoms with Crippen LogP contribution in [0.25, 0.3) is 0 Å². The molecule has 1 aromatic carbocycles. The van der Waals surface area contributed by atoms with Crippen LogP contribution in [0, 0.1) is 0 Å². The Labute approximate surface area is 187 Å². The Balaban J connectivity index is 0.00000392. The van der Waals surface area contributed by atoms with Crippen molar-refractivity contribution in [3.05, 3.63) is 35.9 Å². The highest BCUT2D eigenvalue weighted by Gasteiger charge is 2.25. The minimum absolute atomic E-state index is 0. The lowest BCUT2D eigenvalue weighted by Gasteiger charge is -2.30. The molecule has 1 unspecified atom stereocenters. The number of carbonyl (C=O) groups is 1. The van der Waals surface area contributed by atoms with E-state index in [1.807, 2.05) is 6.07 Å². The first-order chi connectivity index (χ1) is 13.0. The van der Waals surface area contributed by atoms with Gasteiger partial charge in [0.15, 0.2) is 5.96 Å². The SMILES string of the molecule is CCN1CCCC1CN(C)C(=NCC(=O)N(C)C)NCCc1ccccc1.I. The number of hydrogen-bond acceptors (Lipinski definition) is 3. The van der Waals surface area contributed by atoms with Gasteiger partial charge in [-0.2, -0.15) is 0 Å². The molecule has 28 heavy (non-hydrogen) atoms. The van der Waals surface area contributed by atoms with Crippen LogP contribution in [0.4, 0.5) is 0 Å². The highest BCUT2D eigenvalue weighted by molar-refractivity contribution is 14.0. The van der Waals surface area contributed by atoms with Gasteiger partial charge in [0.1, 0.15) is 6.54 Å². The Kier molecular flexibility index (Phi) is 11.4. The number of nitrogens with zero attached hydrogens (tertiary/aromatic N) is 4. The lowest BCUT2D eigenvalue weighted by Crippen LogP contribution is -2.46. The minimum Gasteiger partial charge on any atom is -0.356 e. The fourth-order valence-electron chi connectivity index (χ4n) is 3.48. The molecule has 0 aliphatic carbocycles. The van der Waals surface area contributed by atoms with E-state index < -0.39 is 0 Å². The summed E-state index contributed by atoms with van der Waals surface area (Å²) in [6.45, 7) is 6.40. The summed E-state index contributed by atoms with van der Waals surface area (Å²) in [6.07, 6.45) is 3.42. The first-order valence-corrected chi connectivity index (χ1v) is 9.98. The standard InChI is InChI=1S/C21H35N5O.HI/c1-5-26-15-9-12-19(26)17-25(4)21(23-16-20(27)24(2)3)22-14-13-18-10-7-6-8-11-18;/h6-8,10-11,19H,5,9,12-17H2,1-4H3,(H,22,23);1H. The normalized spacial score (nSPS) is 17.1. The molecule has 2 rings (SSSR count). The van der Waals surface area contributed by atoms with Crippen molar-refractivity contribution in [1.29, 1.82) is 0 Å². The van der Waals surface area contributed by atoms with Gasteiger partial charge in [-0.15, -0.1) is 24.0 Å². The zero-order valence-electron chi connectivity index (χ0n) is 17.7. The zero-order chi connectivity index (χ0) is 19.6. The maximum absolute atomic E-state index is 12.0. The third kappa shape index (κ3) is 7.95. The molecular weight excluding hydrogens is 465 g/mol. The molecular formula is C21H36IN5O. The molecule has 6 nitrogen and oxygen atoms in total. The highest BCUT2D eigenvalue weighted by atomic mass is 127. The van der Waals surface area contributed by atoms with Crippen molar-refractivity contribution in [3.63, 3.8) is 0 Å². The number of likely N-dealkylation sites (N-methyl/N-ethyl adjacent to an activating group) is 3. The van der Waals surface area contributed by atoms with E-state index >= 15 is 0 Å². The van der Waals surface area contributed by atoms with Crippen LogP contribution in [0.1, 0.15) is 25.3 Å². The van der Waals surface area contributed by atoms with Crippen LogP contribution in [0.5, 0.6) is 0 Å². The molecule has 1 aliphatic heterocycles. The van der Waals surface area contributed by atoms with Crippen LogP contribution in [0.15, 0.2) is 35.3 Å². The van der Waals surface area contributed by atoms with Gasteiger partial charge >= 0.3 is 0 Å². The summed E-state index contributed by atoms with van der Waals surface area (Å²) in [5, 5.41) is 3.46. The number of carbonyl (C=O) groups excluding carboxylic acids is 1. The third-order valence-corrected chi connectivity index (χ3v) is 5.15. The van der Waals surface area contributed by atoms with E-state index in [1.54, 1.807) is 19.0 Å². The van der Waals surface area contributed by atoms with Crippen LogP contribution in [0.2, 0.25) is 0 Å². The van der Waals surface area contributed by atoms with Gasteiger partial charge in [0, 0.05) is 40.3 Å². The maximum atomic E-state index is 12.0. The molecule has 1 atom stereocenters. The number of rotatable bonds is 8. The molecule has 1 aromatic rings. The molecule has 0 spiro atoms. The summed E-state index contributed by atoms with van der Waals surface area (Å²) in [7, 11) is 5.60. The van der Waals surface area contributed by atoms with E-state index in [1.165, 1.54) is 24.9 Å². The van der Waals surface area contributed by atoms with E-state index in [0.717, 1.165) is 32.0 Å². The van der Waals surface area contributed by atoms with Crippen molar-refractivity contribution in [2.75, 3.05) is 53.9 Å². The first-order valence-electron chi connectivity index (χ1n) is 9.98. The molecule has 0 bridgehead atoms. The van der Waals surface area contributed by atoms with Gasteiger partial charge in [0.05, 0.1) is 0 Å². The molecule has 0 saturated carbocycles. The average molecular weight is 501 g/mol. The summed E-state index contributed by atoms with van der Waals surface area (Å²) in [5.41, 5.74) is 1.30. The van der Waals surface area contributed by atoms with Crippen molar-refractivity contribution >= 4 is 35.8 Å². The van der Waals surface area contributed by atoms with Gasteiger partial charge in [-0.3, -0.25) is 9.69 Å². The summed E-state index contributed by atoms with van der Waals surface area (Å²) in [5.74, 6) is 0.825. The minimum atomic E-state index is 0. The number of halogens is 1. The monoisotopic (exact) mass is 501 g/mol. The zero-order valence-corrected chi connectivity index (χ0v) is 20.1. The second-order valence-corrected chi connectivity index (χ2v) is 7.40. The molecule has 0 aromatic heterocycles. The lowest BCUT2D eigenvalue weighted by molar-refractivity contribution is -0.127. The first kappa shape index (κ1) is 24.7. The average Bonchev–Trinajstić information content (AvgIpc) is 3.11. The largest absolute Gasteiger partial charge is 0.356 e. The quantitative estimate of drug-likeness (QED) is 0.338. The molecule has 1 aliphatic rings. The van der Waals surface area contributed by atoms with E-state index in [-0.39, 0.29) is 36.4 Å². The molecule has 1 N–H and O–H groups in total. The van der Waals surface area contributed by atoms with Crippen LogP contribution in [-0.4, -0.2) is 86.5 Å². The fourth-order valence-corrected chi connectivity index (χ4v) is 3.48. The number of likely N-dealkylation sites (tertiary alicyclic amines) is 1. The van der Waals surface area contributed by atoms with E-state index in [2.05, 4.69) is 58.3 Å². The predicted octanol–water partition coefficient (Wildman–Crippen LogP) is 2.30. The molecule has 0 radical (unpaired) electrons. The fraction of sp³-hybridized carbons (Fsp3) is 0.619. The number of benzene rings is 1. The number of aliphatic imine (C=N–C) groups is 1. The summed E-state index contributed by atoms with van der Waals surface area (Å²) >= 11 is 0. The maximum Gasteiger partial charge on any atom is 0.243 e. The number of guanidine groups is 1. The summed E-state index contributed by atoms with van der Waals surface area (Å²) < 4.78 is 0. The molecule has 158 valence electrons. The third-order valence-electron chi connectivity index (χ3n) is 5.15. The van der Waals surface area contributed by atoms with Crippen LogP contribution >= 0.6 is 24.0 Å². The van der Waals surface area contributed by atoms with Gasteiger partial charge in [-0.25, -0.2) is 4.99 Å². The Bertz CT molecular complexity index is 608. The van der Waals surface area contributed by atoms with Gasteiger partial charge in [0.25, 0.3) is 0 Å². The van der Waals surface area contributed by atoms with Crippen molar-refractivity contribution in [1.82, 2.24) is 20.0 Å². The molecule has 1 heterocycles. The smallest absolute Gasteiger partial charge is 0.243 e. The van der Waals surface area contributed by atoms with E-state index in [9.17, 15) is 4.79 Å². The van der Waals surface area contributed by atoms with Crippen molar-refractivity contribution < 1.29 is 4.79 Å². The van der Waals surface area contributed by atoms with E-state index in [0.29, 0.717) is 6.04 Å². The van der Waals surface area contributed by atoms with Crippen LogP contribution in [0.3, 0.4) is 0 Å². The van der Waals surface area contributed by atoms with Crippen LogP contribution < -0.4 is 5.32 Å². The van der Waals surface area contributed by atoms with Gasteiger partial charge in [-0.1, -0.05) is 37.3 Å². The second-order valence-electron chi connectivity index (χ2n) is 7.40. The van der Waals surface area contributed by atoms with Crippen molar-refractivity contribution in [3.8, 4) is 0 Å². The molecule has 1 fully saturated rings. The number of nitrogens with one attached hydrogen (secondary N) is 1. The highest BCUT2D eigenvalue weighted by Crippen LogP contribution is 2.17. The molecule has 1 amide bonds. The van der Waals surface area contributed by atoms with Crippen molar-refractivity contribution in [2.24, 2.45) is 4.99 Å². The number of hydrogen-bond donors (Lipinski definition) is 1. The summed E-state index contributed by atoms with van der Waals surface area (Å²) in [6, 6.07) is 11.0. The Morgan fingerprint density at radius 2 is 1.96 bits per heavy atom. The summed E-state index contributed by atoms with van der Waals surface area (Å²) in [4.78, 5) is 22.9. The number of amides is 1. The van der Waals surface area contributed by atoms with Crippen molar-refractivity contribution in [2.45, 2.75) is 32.2 Å². The topological polar surface area (TPSA) is 51.2 Å².